The summed E-state index contributed by atoms with van der Waals surface area (Å²) in [5, 5.41) is 0.630. The van der Waals surface area contributed by atoms with E-state index in [1.807, 2.05) is 18.2 Å². The van der Waals surface area contributed by atoms with Crippen LogP contribution < -0.4 is 4.74 Å². The second-order valence-electron chi connectivity index (χ2n) is 3.24. The van der Waals surface area contributed by atoms with Gasteiger partial charge in [-0.2, -0.15) is 0 Å². The number of halogens is 1. The predicted octanol–water partition coefficient (Wildman–Crippen LogP) is 2.48. The summed E-state index contributed by atoms with van der Waals surface area (Å²) in [6.45, 7) is 1.90. The van der Waals surface area contributed by atoms with Crippen molar-refractivity contribution in [3.05, 3.63) is 29.3 Å². The van der Waals surface area contributed by atoms with Gasteiger partial charge in [0.05, 0.1) is 24.8 Å². The van der Waals surface area contributed by atoms with Crippen LogP contribution in [0.2, 0.25) is 5.02 Å². The van der Waals surface area contributed by atoms with Crippen LogP contribution in [0.1, 0.15) is 6.42 Å². The SMILES string of the molecule is Clc1ccccc1OCCC1OCCO1. The highest BCUT2D eigenvalue weighted by molar-refractivity contribution is 6.32. The monoisotopic (exact) mass is 228 g/mol. The lowest BCUT2D eigenvalue weighted by atomic mass is 10.3. The van der Waals surface area contributed by atoms with Crippen LogP contribution in [0.3, 0.4) is 0 Å². The molecule has 15 heavy (non-hydrogen) atoms. The van der Waals surface area contributed by atoms with Crippen LogP contribution >= 0.6 is 11.6 Å². The van der Waals surface area contributed by atoms with Gasteiger partial charge in [-0.15, -0.1) is 0 Å². The van der Waals surface area contributed by atoms with E-state index in [9.17, 15) is 0 Å². The Labute approximate surface area is 93.9 Å². The fourth-order valence-electron chi connectivity index (χ4n) is 1.40. The summed E-state index contributed by atoms with van der Waals surface area (Å²) in [5.41, 5.74) is 0. The Hall–Kier alpha value is -0.770. The van der Waals surface area contributed by atoms with Gasteiger partial charge in [0, 0.05) is 6.42 Å². The molecule has 82 valence electrons. The Kier molecular flexibility index (Phi) is 3.83. The fraction of sp³-hybridized carbons (Fsp3) is 0.455. The highest BCUT2D eigenvalue weighted by Crippen LogP contribution is 2.23. The lowest BCUT2D eigenvalue weighted by molar-refractivity contribution is -0.0531. The Balaban J connectivity index is 1.75. The molecule has 1 heterocycles. The summed E-state index contributed by atoms with van der Waals surface area (Å²) in [4.78, 5) is 0. The smallest absolute Gasteiger partial charge is 0.161 e. The van der Waals surface area contributed by atoms with E-state index in [4.69, 9.17) is 25.8 Å². The zero-order valence-electron chi connectivity index (χ0n) is 8.32. The van der Waals surface area contributed by atoms with Gasteiger partial charge in [-0.05, 0) is 12.1 Å². The van der Waals surface area contributed by atoms with Crippen molar-refractivity contribution in [1.29, 1.82) is 0 Å². The second kappa shape index (κ2) is 5.35. The van der Waals surface area contributed by atoms with E-state index in [2.05, 4.69) is 0 Å². The molecular weight excluding hydrogens is 216 g/mol. The van der Waals surface area contributed by atoms with Crippen molar-refractivity contribution in [1.82, 2.24) is 0 Å². The zero-order valence-corrected chi connectivity index (χ0v) is 9.07. The number of hydrogen-bond donors (Lipinski definition) is 0. The van der Waals surface area contributed by atoms with Crippen LogP contribution in [0.4, 0.5) is 0 Å². The van der Waals surface area contributed by atoms with Gasteiger partial charge in [0.25, 0.3) is 0 Å². The van der Waals surface area contributed by atoms with Crippen LogP contribution in [0.25, 0.3) is 0 Å². The van der Waals surface area contributed by atoms with Crippen molar-refractivity contribution >= 4 is 11.6 Å². The van der Waals surface area contributed by atoms with Crippen molar-refractivity contribution < 1.29 is 14.2 Å². The van der Waals surface area contributed by atoms with Crippen LogP contribution in [0, 0.1) is 0 Å². The molecule has 0 amide bonds. The van der Waals surface area contributed by atoms with E-state index in [1.165, 1.54) is 0 Å². The molecule has 1 aromatic rings. The summed E-state index contributed by atoms with van der Waals surface area (Å²) in [7, 11) is 0. The van der Waals surface area contributed by atoms with Gasteiger partial charge in [-0.3, -0.25) is 0 Å². The predicted molar refractivity (Wildman–Crippen MR) is 57.3 cm³/mol. The number of hydrogen-bond acceptors (Lipinski definition) is 3. The van der Waals surface area contributed by atoms with Gasteiger partial charge >= 0.3 is 0 Å². The molecule has 1 aliphatic rings. The van der Waals surface area contributed by atoms with Crippen molar-refractivity contribution in [2.24, 2.45) is 0 Å². The van der Waals surface area contributed by atoms with E-state index in [1.54, 1.807) is 6.07 Å². The van der Waals surface area contributed by atoms with E-state index in [-0.39, 0.29) is 6.29 Å². The average molecular weight is 229 g/mol. The first-order valence-corrected chi connectivity index (χ1v) is 5.34. The average Bonchev–Trinajstić information content (AvgIpc) is 2.74. The Morgan fingerprint density at radius 3 is 2.73 bits per heavy atom. The maximum Gasteiger partial charge on any atom is 0.161 e. The third-order valence-electron chi connectivity index (χ3n) is 2.14. The largest absolute Gasteiger partial charge is 0.492 e. The lowest BCUT2D eigenvalue weighted by Crippen LogP contribution is -2.12. The summed E-state index contributed by atoms with van der Waals surface area (Å²) < 4.78 is 16.1. The molecule has 0 radical (unpaired) electrons. The molecule has 0 unspecified atom stereocenters. The van der Waals surface area contributed by atoms with E-state index in [0.29, 0.717) is 30.6 Å². The molecule has 4 heteroatoms. The minimum absolute atomic E-state index is 0.118. The van der Waals surface area contributed by atoms with E-state index in [0.717, 1.165) is 6.42 Å². The standard InChI is InChI=1S/C11H13ClO3/c12-9-3-1-2-4-10(9)13-6-5-11-14-7-8-15-11/h1-4,11H,5-8H2. The van der Waals surface area contributed by atoms with Crippen LogP contribution in [0.5, 0.6) is 5.75 Å². The Morgan fingerprint density at radius 1 is 1.27 bits per heavy atom. The third-order valence-corrected chi connectivity index (χ3v) is 2.45. The number of benzene rings is 1. The molecule has 0 N–H and O–H groups in total. The molecule has 0 aromatic heterocycles. The zero-order chi connectivity index (χ0) is 10.5. The normalized spacial score (nSPS) is 16.9. The highest BCUT2D eigenvalue weighted by Gasteiger charge is 2.15. The molecule has 3 nitrogen and oxygen atoms in total. The second-order valence-corrected chi connectivity index (χ2v) is 3.65. The van der Waals surface area contributed by atoms with Gasteiger partial charge in [-0.1, -0.05) is 23.7 Å². The maximum atomic E-state index is 5.93. The molecule has 0 bridgehead atoms. The van der Waals surface area contributed by atoms with Crippen LogP contribution in [-0.4, -0.2) is 26.1 Å². The molecule has 1 fully saturated rings. The van der Waals surface area contributed by atoms with Gasteiger partial charge in [0.15, 0.2) is 6.29 Å². The molecule has 0 saturated carbocycles. The van der Waals surface area contributed by atoms with Crippen molar-refractivity contribution in [2.75, 3.05) is 19.8 Å². The van der Waals surface area contributed by atoms with Crippen molar-refractivity contribution in [2.45, 2.75) is 12.7 Å². The molecule has 0 atom stereocenters. The van der Waals surface area contributed by atoms with Crippen molar-refractivity contribution in [3.8, 4) is 5.75 Å². The minimum Gasteiger partial charge on any atom is -0.492 e. The van der Waals surface area contributed by atoms with Crippen molar-refractivity contribution in [3.63, 3.8) is 0 Å². The first-order valence-electron chi connectivity index (χ1n) is 4.97. The van der Waals surface area contributed by atoms with Crippen LogP contribution in [0.15, 0.2) is 24.3 Å². The molecule has 1 aromatic carbocycles. The number of para-hydroxylation sites is 1. The molecule has 2 rings (SSSR count). The first-order chi connectivity index (χ1) is 7.36. The van der Waals surface area contributed by atoms with Gasteiger partial charge < -0.3 is 14.2 Å². The molecule has 0 spiro atoms. The first kappa shape index (κ1) is 10.7. The highest BCUT2D eigenvalue weighted by atomic mass is 35.5. The summed E-state index contributed by atoms with van der Waals surface area (Å²) in [6.07, 6.45) is 0.609. The lowest BCUT2D eigenvalue weighted by Gasteiger charge is -2.10. The number of ether oxygens (including phenoxy) is 3. The van der Waals surface area contributed by atoms with Crippen LogP contribution in [-0.2, 0) is 9.47 Å². The molecule has 1 aliphatic heterocycles. The summed E-state index contributed by atoms with van der Waals surface area (Å²) in [5.74, 6) is 0.706. The van der Waals surface area contributed by atoms with E-state index >= 15 is 0 Å². The molecule has 0 aliphatic carbocycles. The Morgan fingerprint density at radius 2 is 2.00 bits per heavy atom. The molecular formula is C11H13ClO3. The number of rotatable bonds is 4. The molecule has 1 saturated heterocycles. The Bertz CT molecular complexity index is 310. The quantitative estimate of drug-likeness (QED) is 0.793. The van der Waals surface area contributed by atoms with E-state index < -0.39 is 0 Å². The third kappa shape index (κ3) is 3.09. The van der Waals surface area contributed by atoms with Gasteiger partial charge in [0.1, 0.15) is 5.75 Å². The summed E-state index contributed by atoms with van der Waals surface area (Å²) in [6, 6.07) is 7.42. The topological polar surface area (TPSA) is 27.7 Å². The minimum atomic E-state index is -0.118. The maximum absolute atomic E-state index is 5.93. The fourth-order valence-corrected chi connectivity index (χ4v) is 1.59. The van der Waals surface area contributed by atoms with Gasteiger partial charge in [0.2, 0.25) is 0 Å². The van der Waals surface area contributed by atoms with Gasteiger partial charge in [-0.25, -0.2) is 0 Å². The summed E-state index contributed by atoms with van der Waals surface area (Å²) >= 11 is 5.93.